The average Bonchev–Trinajstić information content (AvgIpc) is 3.50. The molecule has 0 aliphatic carbocycles. The van der Waals surface area contributed by atoms with Crippen LogP contribution < -0.4 is 26.4 Å². The van der Waals surface area contributed by atoms with Gasteiger partial charge in [0.2, 0.25) is 0 Å². The van der Waals surface area contributed by atoms with Crippen molar-refractivity contribution in [1.29, 1.82) is 0 Å². The molecule has 0 radical (unpaired) electrons. The molecule has 2 aliphatic rings. The van der Waals surface area contributed by atoms with Crippen molar-refractivity contribution >= 4 is 41.2 Å². The Morgan fingerprint density at radius 2 is 1.87 bits per heavy atom. The molecule has 0 fully saturated rings. The number of nitrogens with zero attached hydrogens (tertiary/aromatic N) is 3. The van der Waals surface area contributed by atoms with E-state index < -0.39 is 29.2 Å². The number of ether oxygens (including phenoxy) is 2. The lowest BCUT2D eigenvalue weighted by Gasteiger charge is -2.31. The van der Waals surface area contributed by atoms with Gasteiger partial charge in [-0.1, -0.05) is 36.3 Å². The quantitative estimate of drug-likeness (QED) is 0.0333. The fraction of sp³-hybridized carbons (Fsp3) is 0.316. The number of aliphatic hydroxyl groups is 1. The van der Waals surface area contributed by atoms with Crippen LogP contribution in [-0.4, -0.2) is 62.7 Å². The zero-order valence-electron chi connectivity index (χ0n) is 29.7. The lowest BCUT2D eigenvalue weighted by Crippen LogP contribution is -2.44. The van der Waals surface area contributed by atoms with Crippen LogP contribution in [0.1, 0.15) is 67.5 Å². The Labute approximate surface area is 304 Å². The number of pyridine rings is 2. The second kappa shape index (κ2) is 15.0. The van der Waals surface area contributed by atoms with Crippen LogP contribution in [0.4, 0.5) is 4.79 Å². The molecule has 1 atom stereocenters. The number of hydrogen-bond donors (Lipinski definition) is 5. The van der Waals surface area contributed by atoms with Gasteiger partial charge < -0.3 is 34.6 Å². The highest BCUT2D eigenvalue weighted by molar-refractivity contribution is 6.03. The van der Waals surface area contributed by atoms with Crippen molar-refractivity contribution in [2.45, 2.75) is 65.0 Å². The second-order valence-corrected chi connectivity index (χ2v) is 13.6. The second-order valence-electron chi connectivity index (χ2n) is 13.6. The summed E-state index contributed by atoms with van der Waals surface area (Å²) in [6.07, 6.45) is 3.72. The maximum absolute atomic E-state index is 13.8. The molecular formula is C38H40N6O9. The molecule has 4 aromatic rings. The summed E-state index contributed by atoms with van der Waals surface area (Å²) < 4.78 is 12.4. The number of rotatable bonds is 11. The number of esters is 1. The Morgan fingerprint density at radius 3 is 2.58 bits per heavy atom. The average molecular weight is 725 g/mol. The van der Waals surface area contributed by atoms with Crippen LogP contribution in [0.3, 0.4) is 0 Å². The van der Waals surface area contributed by atoms with Crippen molar-refractivity contribution in [2.24, 2.45) is 5.16 Å². The van der Waals surface area contributed by atoms with Crippen LogP contribution in [0.2, 0.25) is 0 Å². The van der Waals surface area contributed by atoms with Crippen molar-refractivity contribution in [1.82, 2.24) is 25.7 Å². The Morgan fingerprint density at radius 1 is 1.09 bits per heavy atom. The van der Waals surface area contributed by atoms with Crippen LogP contribution in [0.5, 0.6) is 5.75 Å². The third-order valence-electron chi connectivity index (χ3n) is 8.84. The molecule has 5 N–H and O–H groups in total. The van der Waals surface area contributed by atoms with Crippen molar-refractivity contribution in [3.8, 4) is 17.1 Å². The SMILES string of the molecule is CC[C@@]1(O)C(=O)OCc2c1cc1n(c2=O)Cc2c-1nc1ccc(OC(=O)NCCNCc3ccc(/C=C/C(=O)NO)cc3)cc1c2/C=N/OC(C)(C)C. The van der Waals surface area contributed by atoms with Gasteiger partial charge in [-0.3, -0.25) is 14.8 Å². The molecule has 15 heteroatoms. The van der Waals surface area contributed by atoms with E-state index in [0.29, 0.717) is 53.1 Å². The third kappa shape index (κ3) is 7.82. The summed E-state index contributed by atoms with van der Waals surface area (Å²) >= 11 is 0. The maximum atomic E-state index is 13.8. The van der Waals surface area contributed by atoms with E-state index in [9.17, 15) is 24.3 Å². The van der Waals surface area contributed by atoms with Crippen molar-refractivity contribution in [3.63, 3.8) is 0 Å². The summed E-state index contributed by atoms with van der Waals surface area (Å²) in [5.41, 5.74) is 3.58. The van der Waals surface area contributed by atoms with E-state index in [1.807, 2.05) is 45.0 Å². The Hall–Kier alpha value is -5.90. The number of aromatic nitrogens is 2. The fourth-order valence-corrected chi connectivity index (χ4v) is 6.12. The molecule has 2 aromatic heterocycles. The normalized spacial score (nSPS) is 16.3. The number of benzene rings is 2. The summed E-state index contributed by atoms with van der Waals surface area (Å²) in [6.45, 7) is 8.43. The van der Waals surface area contributed by atoms with Crippen molar-refractivity contribution < 1.29 is 39.0 Å². The van der Waals surface area contributed by atoms with Crippen LogP contribution in [0, 0.1) is 0 Å². The van der Waals surface area contributed by atoms with Gasteiger partial charge in [0, 0.05) is 47.8 Å². The summed E-state index contributed by atoms with van der Waals surface area (Å²) in [5.74, 6) is -1.16. The lowest BCUT2D eigenvalue weighted by atomic mass is 9.86. The first-order chi connectivity index (χ1) is 25.3. The molecule has 276 valence electrons. The Kier molecular flexibility index (Phi) is 10.4. The Bertz CT molecular complexity index is 2210. The third-order valence-corrected chi connectivity index (χ3v) is 8.84. The molecule has 2 aromatic carbocycles. The zero-order valence-corrected chi connectivity index (χ0v) is 29.7. The topological polar surface area (TPSA) is 203 Å². The molecule has 53 heavy (non-hydrogen) atoms. The lowest BCUT2D eigenvalue weighted by molar-refractivity contribution is -0.172. The number of hydroxylamine groups is 1. The molecule has 2 aliphatic heterocycles. The molecule has 4 heterocycles. The van der Waals surface area contributed by atoms with Gasteiger partial charge in [-0.05, 0) is 68.7 Å². The fourth-order valence-electron chi connectivity index (χ4n) is 6.12. The van der Waals surface area contributed by atoms with Gasteiger partial charge in [-0.25, -0.2) is 20.1 Å². The number of amides is 2. The van der Waals surface area contributed by atoms with Gasteiger partial charge in [0.15, 0.2) is 5.60 Å². The summed E-state index contributed by atoms with van der Waals surface area (Å²) in [7, 11) is 0. The largest absolute Gasteiger partial charge is 0.458 e. The van der Waals surface area contributed by atoms with E-state index in [1.165, 1.54) is 6.08 Å². The van der Waals surface area contributed by atoms with Crippen LogP contribution >= 0.6 is 0 Å². The Balaban J connectivity index is 1.19. The highest BCUT2D eigenvalue weighted by Gasteiger charge is 2.45. The number of cyclic esters (lactones) is 1. The summed E-state index contributed by atoms with van der Waals surface area (Å²) in [5, 5.41) is 30.6. The smallest absolute Gasteiger partial charge is 0.412 e. The van der Waals surface area contributed by atoms with Gasteiger partial charge in [0.05, 0.1) is 35.2 Å². The van der Waals surface area contributed by atoms with Crippen molar-refractivity contribution in [2.75, 3.05) is 13.1 Å². The van der Waals surface area contributed by atoms with E-state index in [-0.39, 0.29) is 42.0 Å². The number of hydrogen-bond acceptors (Lipinski definition) is 12. The molecule has 0 spiro atoms. The highest BCUT2D eigenvalue weighted by atomic mass is 16.6. The molecule has 6 rings (SSSR count). The van der Waals surface area contributed by atoms with Crippen LogP contribution in [-0.2, 0) is 44.5 Å². The maximum Gasteiger partial charge on any atom is 0.412 e. The van der Waals surface area contributed by atoms with Gasteiger partial charge in [-0.15, -0.1) is 0 Å². The number of nitrogens with one attached hydrogen (secondary N) is 3. The predicted octanol–water partition coefficient (Wildman–Crippen LogP) is 3.63. The number of oxime groups is 1. The molecule has 0 bridgehead atoms. The van der Waals surface area contributed by atoms with Crippen molar-refractivity contribution in [3.05, 3.63) is 98.3 Å². The van der Waals surface area contributed by atoms with E-state index in [4.69, 9.17) is 24.5 Å². The molecule has 2 amide bonds. The van der Waals surface area contributed by atoms with Crippen LogP contribution in [0.15, 0.2) is 64.6 Å². The first-order valence-electron chi connectivity index (χ1n) is 17.0. The minimum Gasteiger partial charge on any atom is -0.458 e. The number of carbonyl (C=O) groups excluding carboxylic acids is 3. The molecule has 0 unspecified atom stereocenters. The molecule has 15 nitrogen and oxygen atoms in total. The predicted molar refractivity (Wildman–Crippen MR) is 194 cm³/mol. The van der Waals surface area contributed by atoms with E-state index in [2.05, 4.69) is 15.8 Å². The minimum atomic E-state index is -1.95. The van der Waals surface area contributed by atoms with E-state index >= 15 is 0 Å². The van der Waals surface area contributed by atoms with Gasteiger partial charge >= 0.3 is 12.1 Å². The summed E-state index contributed by atoms with van der Waals surface area (Å²) in [6, 6.07) is 14.1. The number of fused-ring (bicyclic) bond motifs is 5. The van der Waals surface area contributed by atoms with E-state index in [1.54, 1.807) is 53.5 Å². The van der Waals surface area contributed by atoms with E-state index in [0.717, 1.165) is 11.1 Å². The zero-order chi connectivity index (χ0) is 37.9. The van der Waals surface area contributed by atoms with Crippen LogP contribution in [0.25, 0.3) is 28.4 Å². The monoisotopic (exact) mass is 724 g/mol. The molecular weight excluding hydrogens is 684 g/mol. The summed E-state index contributed by atoms with van der Waals surface area (Å²) in [4.78, 5) is 60.8. The molecule has 0 saturated heterocycles. The first-order valence-corrected chi connectivity index (χ1v) is 17.0. The first kappa shape index (κ1) is 36.9. The van der Waals surface area contributed by atoms with Gasteiger partial charge in [0.1, 0.15) is 18.0 Å². The standard InChI is InChI=1S/C38H40N6O9/c1-5-38(49)29-17-31-33-27(20-44(31)34(46)28(29)21-51-35(38)47)26(19-41-53-37(2,3)4)25-16-24(11-12-30(25)42-33)52-36(48)40-15-14-39-18-23-8-6-22(7-9-23)10-13-32(45)43-50/h6-13,16-17,19,39,49-50H,5,14-15,18,20-21H2,1-4H3,(H,40,48)(H,43,45)/b13-10+,41-19+/t38-/m0/s1. The number of carbonyl (C=O) groups is 3. The van der Waals surface area contributed by atoms with Gasteiger partial charge in [0.25, 0.3) is 11.5 Å². The van der Waals surface area contributed by atoms with Gasteiger partial charge in [-0.2, -0.15) is 0 Å². The molecule has 0 saturated carbocycles. The highest BCUT2D eigenvalue weighted by Crippen LogP contribution is 2.40. The minimum absolute atomic E-state index is 0.0268.